The number of ether oxygens (including phenoxy) is 1. The molecule has 1 fully saturated rings. The minimum atomic E-state index is -2.86. The average molecular weight is 383 g/mol. The molecule has 0 aromatic heterocycles. The lowest BCUT2D eigenvalue weighted by Gasteiger charge is -2.43. The van der Waals surface area contributed by atoms with Crippen molar-refractivity contribution in [1.82, 2.24) is 0 Å². The maximum Gasteiger partial charge on any atom is 0.413 e. The van der Waals surface area contributed by atoms with Gasteiger partial charge in [-0.15, -0.1) is 0 Å². The van der Waals surface area contributed by atoms with Crippen molar-refractivity contribution >= 4 is 19.6 Å². The number of hydrogen-bond donors (Lipinski definition) is 0. The van der Waals surface area contributed by atoms with Crippen LogP contribution in [0.4, 0.5) is 0 Å². The predicted molar refractivity (Wildman–Crippen MR) is 107 cm³/mol. The Morgan fingerprint density at radius 1 is 1.15 bits per heavy atom. The maximum absolute atomic E-state index is 12.6. The third-order valence-corrected chi connectivity index (χ3v) is 11.1. The van der Waals surface area contributed by atoms with E-state index >= 15 is 0 Å². The van der Waals surface area contributed by atoms with Gasteiger partial charge in [-0.05, 0) is 48.6 Å². The normalized spacial score (nSPS) is 24.0. The molecule has 0 aromatic rings. The van der Waals surface area contributed by atoms with Gasteiger partial charge in [-0.3, -0.25) is 0 Å². The summed E-state index contributed by atoms with van der Waals surface area (Å²) in [4.78, 5) is 16.0. The Labute approximate surface area is 160 Å². The molecule has 6 heteroatoms. The molecule has 3 atom stereocenters. The quantitative estimate of drug-likeness (QED) is 0.195. The van der Waals surface area contributed by atoms with E-state index < -0.39 is 14.3 Å². The summed E-state index contributed by atoms with van der Waals surface area (Å²) in [5.74, 6) is 1.07. The van der Waals surface area contributed by atoms with Crippen LogP contribution in [0.25, 0.3) is 5.53 Å². The summed E-state index contributed by atoms with van der Waals surface area (Å²) in [6.45, 7) is 17.1. The third-order valence-electron chi connectivity index (χ3n) is 5.96. The summed E-state index contributed by atoms with van der Waals surface area (Å²) in [5, 5.41) is 0.130. The van der Waals surface area contributed by atoms with E-state index in [0.717, 1.165) is 12.8 Å². The van der Waals surface area contributed by atoms with Crippen molar-refractivity contribution in [2.45, 2.75) is 91.8 Å². The SMILES string of the molecule is CCOC(=O)C(=[N+]=[N-])[Si](O[C@@H]1C[C@H](C)CC[C@H]1C(C)C)(C(C)C)C(C)C. The number of hydrogen-bond acceptors (Lipinski definition) is 3. The van der Waals surface area contributed by atoms with Gasteiger partial charge in [0.05, 0.1) is 6.61 Å². The van der Waals surface area contributed by atoms with Crippen LogP contribution in [-0.2, 0) is 14.0 Å². The first-order valence-electron chi connectivity index (χ1n) is 10.2. The minimum absolute atomic E-state index is 0.0985. The number of esters is 1. The van der Waals surface area contributed by atoms with Gasteiger partial charge in [0, 0.05) is 6.10 Å². The molecule has 0 aromatic carbocycles. The Morgan fingerprint density at radius 2 is 1.73 bits per heavy atom. The number of rotatable bonds is 8. The third kappa shape index (κ3) is 4.84. The number of carbonyl (C=O) groups excluding carboxylic acids is 1. The molecular weight excluding hydrogens is 344 g/mol. The Bertz CT molecular complexity index is 519. The van der Waals surface area contributed by atoms with Gasteiger partial charge in [-0.25, -0.2) is 4.79 Å². The molecule has 0 bridgehead atoms. The molecule has 0 N–H and O–H groups in total. The fourth-order valence-corrected chi connectivity index (χ4v) is 8.92. The summed E-state index contributed by atoms with van der Waals surface area (Å²) in [5.41, 5.74) is 9.95. The molecule has 1 aliphatic rings. The van der Waals surface area contributed by atoms with E-state index in [2.05, 4.69) is 53.3 Å². The van der Waals surface area contributed by atoms with Gasteiger partial charge in [0.1, 0.15) is 0 Å². The molecule has 1 saturated carbocycles. The summed E-state index contributed by atoms with van der Waals surface area (Å²) in [7, 11) is -2.86. The van der Waals surface area contributed by atoms with Crippen LogP contribution in [0, 0.1) is 17.8 Å². The van der Waals surface area contributed by atoms with Crippen molar-refractivity contribution in [2.75, 3.05) is 6.61 Å². The van der Waals surface area contributed by atoms with E-state index in [4.69, 9.17) is 9.16 Å². The van der Waals surface area contributed by atoms with Crippen LogP contribution in [0.1, 0.15) is 74.7 Å². The summed E-state index contributed by atoms with van der Waals surface area (Å²) in [6.07, 6.45) is 3.47. The molecule has 1 rings (SSSR count). The van der Waals surface area contributed by atoms with Gasteiger partial charge in [0.15, 0.2) is 0 Å². The second kappa shape index (κ2) is 9.82. The Balaban J connectivity index is 3.36. The molecule has 0 aliphatic heterocycles. The van der Waals surface area contributed by atoms with E-state index in [1.807, 2.05) is 0 Å². The lowest BCUT2D eigenvalue weighted by molar-refractivity contribution is -0.139. The minimum Gasteiger partial charge on any atom is -0.458 e. The average Bonchev–Trinajstić information content (AvgIpc) is 2.53. The van der Waals surface area contributed by atoms with Crippen molar-refractivity contribution < 1.29 is 18.7 Å². The van der Waals surface area contributed by atoms with Gasteiger partial charge in [0.25, 0.3) is 0 Å². The highest BCUT2D eigenvalue weighted by Gasteiger charge is 2.59. The number of carbonyl (C=O) groups is 1. The second-order valence-electron chi connectivity index (χ2n) is 8.75. The van der Waals surface area contributed by atoms with Crippen LogP contribution >= 0.6 is 0 Å². The predicted octanol–water partition coefficient (Wildman–Crippen LogP) is 5.00. The van der Waals surface area contributed by atoms with Crippen molar-refractivity contribution in [3.05, 3.63) is 5.53 Å². The van der Waals surface area contributed by atoms with E-state index in [0.29, 0.717) is 17.8 Å². The van der Waals surface area contributed by atoms with Crippen molar-refractivity contribution in [3.63, 3.8) is 0 Å². The first-order valence-corrected chi connectivity index (χ1v) is 12.2. The van der Waals surface area contributed by atoms with E-state index in [1.54, 1.807) is 6.92 Å². The van der Waals surface area contributed by atoms with Gasteiger partial charge in [-0.1, -0.05) is 54.9 Å². The first kappa shape index (κ1) is 23.1. The van der Waals surface area contributed by atoms with Crippen LogP contribution in [0.3, 0.4) is 0 Å². The standard InChI is InChI=1S/C20H38N2O3Si/c1-9-24-20(23)19(22-21)26(14(4)5,15(6)7)25-18-12-16(8)10-11-17(18)13(2)3/h13-18H,9-12H2,1-8H3/t16-,17+,18-/m1/s1. The smallest absolute Gasteiger partial charge is 0.413 e. The van der Waals surface area contributed by atoms with Crippen molar-refractivity contribution in [3.8, 4) is 0 Å². The Hall–Kier alpha value is -0.973. The molecule has 26 heavy (non-hydrogen) atoms. The van der Waals surface area contributed by atoms with E-state index in [-0.39, 0.29) is 29.1 Å². The van der Waals surface area contributed by atoms with Crippen LogP contribution in [-0.4, -0.2) is 37.1 Å². The zero-order valence-electron chi connectivity index (χ0n) is 17.9. The van der Waals surface area contributed by atoms with Gasteiger partial charge >= 0.3 is 19.6 Å². The van der Waals surface area contributed by atoms with Gasteiger partial charge in [0.2, 0.25) is 0 Å². The number of nitrogens with zero attached hydrogens (tertiary/aromatic N) is 2. The van der Waals surface area contributed by atoms with Crippen LogP contribution < -0.4 is 0 Å². The molecule has 1 aliphatic carbocycles. The highest BCUT2D eigenvalue weighted by molar-refractivity contribution is 7.11. The topological polar surface area (TPSA) is 71.9 Å². The largest absolute Gasteiger partial charge is 0.458 e. The molecule has 0 radical (unpaired) electrons. The molecule has 0 unspecified atom stereocenters. The fourth-order valence-electron chi connectivity index (χ4n) is 4.52. The summed E-state index contributed by atoms with van der Waals surface area (Å²) >= 11 is 0. The molecule has 5 nitrogen and oxygen atoms in total. The highest BCUT2D eigenvalue weighted by Crippen LogP contribution is 2.42. The molecule has 0 amide bonds. The summed E-state index contributed by atoms with van der Waals surface area (Å²) in [6, 6.07) is 0. The van der Waals surface area contributed by atoms with Crippen molar-refractivity contribution in [2.24, 2.45) is 17.8 Å². The van der Waals surface area contributed by atoms with E-state index in [1.165, 1.54) is 6.42 Å². The second-order valence-corrected chi connectivity index (χ2v) is 13.4. The molecular formula is C20H38N2O3Si. The zero-order valence-corrected chi connectivity index (χ0v) is 18.9. The van der Waals surface area contributed by atoms with Crippen LogP contribution in [0.5, 0.6) is 0 Å². The molecule has 150 valence electrons. The molecule has 0 saturated heterocycles. The fraction of sp³-hybridized carbons (Fsp3) is 0.900. The maximum atomic E-state index is 12.6. The zero-order chi connectivity index (χ0) is 20.1. The Morgan fingerprint density at radius 3 is 2.15 bits per heavy atom. The molecule has 0 spiro atoms. The van der Waals surface area contributed by atoms with Gasteiger partial charge in [-0.2, -0.15) is 4.79 Å². The van der Waals surface area contributed by atoms with Gasteiger partial charge < -0.3 is 14.7 Å². The van der Waals surface area contributed by atoms with Crippen LogP contribution in [0.15, 0.2) is 0 Å². The lowest BCUT2D eigenvalue weighted by Crippen LogP contribution is -2.60. The first-order chi connectivity index (χ1) is 12.1. The Kier molecular flexibility index (Phi) is 8.71. The van der Waals surface area contributed by atoms with Crippen molar-refractivity contribution in [1.29, 1.82) is 0 Å². The molecule has 0 heterocycles. The van der Waals surface area contributed by atoms with E-state index in [9.17, 15) is 10.3 Å². The lowest BCUT2D eigenvalue weighted by atomic mass is 9.75. The summed E-state index contributed by atoms with van der Waals surface area (Å²) < 4.78 is 12.1. The monoisotopic (exact) mass is 382 g/mol. The van der Waals surface area contributed by atoms with Crippen LogP contribution in [0.2, 0.25) is 11.1 Å². The highest BCUT2D eigenvalue weighted by atomic mass is 28.4.